The average Bonchev–Trinajstić information content (AvgIpc) is 3.17. The molecule has 0 unspecified atom stereocenters. The van der Waals surface area contributed by atoms with Crippen LogP contribution in [0.2, 0.25) is 0 Å². The van der Waals surface area contributed by atoms with Gasteiger partial charge in [-0.15, -0.1) is 0 Å². The van der Waals surface area contributed by atoms with E-state index in [4.69, 9.17) is 0 Å². The van der Waals surface area contributed by atoms with Gasteiger partial charge in [0, 0.05) is 32.1 Å². The first kappa shape index (κ1) is 16.1. The molecule has 1 aliphatic rings. The van der Waals surface area contributed by atoms with Crippen molar-refractivity contribution in [2.45, 2.75) is 18.5 Å². The molecule has 1 amide bonds. The fourth-order valence-corrected chi connectivity index (χ4v) is 3.61. The minimum Gasteiger partial charge on any atom is -0.364 e. The van der Waals surface area contributed by atoms with Gasteiger partial charge in [-0.3, -0.25) is 9.48 Å². The van der Waals surface area contributed by atoms with E-state index in [-0.39, 0.29) is 18.0 Å². The minimum absolute atomic E-state index is 0.0648. The number of carbonyl (C=O) groups is 1. The molecule has 0 aliphatic carbocycles. The standard InChI is InChI=1S/C19H18N6O/c1-24-18(26)10-15(19(24)16-7-8-21-25(16)2)23-17-9-12(11-20)13-5-3-4-6-14(13)22-17/h3-9,15,19H,10H2,1-2H3,(H,22,23)/t15-,19-/m1/s1. The number of rotatable bonds is 3. The van der Waals surface area contributed by atoms with E-state index in [9.17, 15) is 10.1 Å². The number of carbonyl (C=O) groups excluding carboxylic acids is 1. The van der Waals surface area contributed by atoms with Gasteiger partial charge in [-0.1, -0.05) is 18.2 Å². The molecule has 0 spiro atoms. The molecule has 1 N–H and O–H groups in total. The minimum atomic E-state index is -0.150. The molecule has 3 heterocycles. The molecular formula is C19H18N6O. The number of hydrogen-bond acceptors (Lipinski definition) is 5. The van der Waals surface area contributed by atoms with Gasteiger partial charge in [0.1, 0.15) is 5.82 Å². The number of aryl methyl sites for hydroxylation is 1. The summed E-state index contributed by atoms with van der Waals surface area (Å²) in [4.78, 5) is 18.7. The SMILES string of the molecule is CN1C(=O)C[C@@H](Nc2cc(C#N)c3ccccc3n2)[C@@H]1c1ccnn1C. The Hall–Kier alpha value is -3.40. The van der Waals surface area contributed by atoms with Crippen LogP contribution in [0, 0.1) is 11.3 Å². The Morgan fingerprint density at radius 3 is 2.81 bits per heavy atom. The quantitative estimate of drug-likeness (QED) is 0.786. The van der Waals surface area contributed by atoms with Crippen LogP contribution in [0.3, 0.4) is 0 Å². The van der Waals surface area contributed by atoms with Crippen molar-refractivity contribution in [3.63, 3.8) is 0 Å². The number of benzene rings is 1. The normalized spacial score (nSPS) is 19.7. The van der Waals surface area contributed by atoms with Gasteiger partial charge in [-0.2, -0.15) is 10.4 Å². The van der Waals surface area contributed by atoms with Gasteiger partial charge in [0.2, 0.25) is 5.91 Å². The van der Waals surface area contributed by atoms with E-state index in [0.717, 1.165) is 16.6 Å². The number of amides is 1. The van der Waals surface area contributed by atoms with Crippen LogP contribution in [0.1, 0.15) is 23.7 Å². The number of aromatic nitrogens is 3. The molecule has 1 aromatic carbocycles. The molecule has 0 bridgehead atoms. The number of fused-ring (bicyclic) bond motifs is 1. The van der Waals surface area contributed by atoms with Crippen molar-refractivity contribution >= 4 is 22.6 Å². The largest absolute Gasteiger partial charge is 0.364 e. The van der Waals surface area contributed by atoms with Gasteiger partial charge in [-0.05, 0) is 18.2 Å². The van der Waals surface area contributed by atoms with E-state index >= 15 is 0 Å². The van der Waals surface area contributed by atoms with Crippen molar-refractivity contribution in [3.05, 3.63) is 53.9 Å². The molecule has 7 heteroatoms. The number of nitrogens with one attached hydrogen (secondary N) is 1. The van der Waals surface area contributed by atoms with Crippen molar-refractivity contribution in [2.24, 2.45) is 7.05 Å². The van der Waals surface area contributed by atoms with Crippen molar-refractivity contribution in [1.29, 1.82) is 5.26 Å². The monoisotopic (exact) mass is 346 g/mol. The molecule has 130 valence electrons. The Morgan fingerprint density at radius 1 is 1.27 bits per heavy atom. The van der Waals surface area contributed by atoms with Crippen LogP contribution in [-0.2, 0) is 11.8 Å². The molecule has 1 saturated heterocycles. The average molecular weight is 346 g/mol. The highest BCUT2D eigenvalue weighted by molar-refractivity contribution is 5.86. The lowest BCUT2D eigenvalue weighted by Gasteiger charge is -2.26. The first-order chi connectivity index (χ1) is 12.6. The van der Waals surface area contributed by atoms with E-state index in [2.05, 4.69) is 21.5 Å². The fraction of sp³-hybridized carbons (Fsp3) is 0.263. The number of likely N-dealkylation sites (tertiary alicyclic amines) is 1. The van der Waals surface area contributed by atoms with Crippen molar-refractivity contribution in [1.82, 2.24) is 19.7 Å². The maximum absolute atomic E-state index is 12.3. The van der Waals surface area contributed by atoms with Crippen LogP contribution in [0.5, 0.6) is 0 Å². The molecule has 1 fully saturated rings. The number of nitrogens with zero attached hydrogens (tertiary/aromatic N) is 5. The molecule has 2 atom stereocenters. The molecule has 3 aromatic rings. The highest BCUT2D eigenvalue weighted by Crippen LogP contribution is 2.34. The topological polar surface area (TPSA) is 86.8 Å². The Labute approximate surface area is 150 Å². The van der Waals surface area contributed by atoms with Crippen LogP contribution in [0.25, 0.3) is 10.9 Å². The summed E-state index contributed by atoms with van der Waals surface area (Å²) in [6.45, 7) is 0. The van der Waals surface area contributed by atoms with Gasteiger partial charge < -0.3 is 10.2 Å². The van der Waals surface area contributed by atoms with E-state index in [1.54, 1.807) is 28.9 Å². The number of anilines is 1. The molecule has 4 rings (SSSR count). The molecule has 26 heavy (non-hydrogen) atoms. The van der Waals surface area contributed by atoms with Gasteiger partial charge in [0.25, 0.3) is 0 Å². The summed E-state index contributed by atoms with van der Waals surface area (Å²) >= 11 is 0. The van der Waals surface area contributed by atoms with Gasteiger partial charge in [0.15, 0.2) is 0 Å². The number of nitriles is 1. The summed E-state index contributed by atoms with van der Waals surface area (Å²) < 4.78 is 1.78. The highest BCUT2D eigenvalue weighted by atomic mass is 16.2. The van der Waals surface area contributed by atoms with Crippen LogP contribution in [-0.4, -0.2) is 38.7 Å². The van der Waals surface area contributed by atoms with E-state index < -0.39 is 0 Å². The second kappa shape index (κ2) is 6.15. The zero-order valence-electron chi connectivity index (χ0n) is 14.5. The lowest BCUT2D eigenvalue weighted by atomic mass is 10.1. The molecule has 1 aliphatic heterocycles. The summed E-state index contributed by atoms with van der Waals surface area (Å²) in [5.74, 6) is 0.663. The van der Waals surface area contributed by atoms with Crippen LogP contribution < -0.4 is 5.32 Å². The summed E-state index contributed by atoms with van der Waals surface area (Å²) in [6.07, 6.45) is 2.09. The van der Waals surface area contributed by atoms with Crippen LogP contribution in [0.15, 0.2) is 42.6 Å². The Kier molecular flexibility index (Phi) is 3.81. The number of para-hydroxylation sites is 1. The maximum Gasteiger partial charge on any atom is 0.225 e. The maximum atomic E-state index is 12.3. The second-order valence-electron chi connectivity index (χ2n) is 6.47. The van der Waals surface area contributed by atoms with Crippen molar-refractivity contribution in [2.75, 3.05) is 12.4 Å². The summed E-state index contributed by atoms with van der Waals surface area (Å²) in [5.41, 5.74) is 2.27. The first-order valence-electron chi connectivity index (χ1n) is 8.38. The Balaban J connectivity index is 1.72. The summed E-state index contributed by atoms with van der Waals surface area (Å²) in [5, 5.41) is 17.9. The van der Waals surface area contributed by atoms with Gasteiger partial charge in [0.05, 0.1) is 34.9 Å². The van der Waals surface area contributed by atoms with E-state index in [1.165, 1.54) is 0 Å². The predicted octanol–water partition coefficient (Wildman–Crippen LogP) is 2.22. The van der Waals surface area contributed by atoms with E-state index in [0.29, 0.717) is 17.8 Å². The molecule has 0 saturated carbocycles. The van der Waals surface area contributed by atoms with Crippen LogP contribution in [0.4, 0.5) is 5.82 Å². The third-order valence-corrected chi connectivity index (χ3v) is 4.92. The van der Waals surface area contributed by atoms with Gasteiger partial charge in [-0.25, -0.2) is 4.98 Å². The third-order valence-electron chi connectivity index (χ3n) is 4.92. The molecule has 2 aromatic heterocycles. The van der Waals surface area contributed by atoms with Gasteiger partial charge >= 0.3 is 0 Å². The fourth-order valence-electron chi connectivity index (χ4n) is 3.61. The Bertz CT molecular complexity index is 1030. The van der Waals surface area contributed by atoms with Crippen LogP contribution >= 0.6 is 0 Å². The molecule has 0 radical (unpaired) electrons. The second-order valence-corrected chi connectivity index (χ2v) is 6.47. The number of hydrogen-bond donors (Lipinski definition) is 1. The highest BCUT2D eigenvalue weighted by Gasteiger charge is 2.40. The van der Waals surface area contributed by atoms with Crippen molar-refractivity contribution < 1.29 is 4.79 Å². The summed E-state index contributed by atoms with van der Waals surface area (Å²) in [6, 6.07) is 13.1. The predicted molar refractivity (Wildman–Crippen MR) is 97.2 cm³/mol. The summed E-state index contributed by atoms with van der Waals surface area (Å²) in [7, 11) is 3.67. The zero-order valence-corrected chi connectivity index (χ0v) is 14.5. The van der Waals surface area contributed by atoms with E-state index in [1.807, 2.05) is 37.4 Å². The zero-order chi connectivity index (χ0) is 18.3. The lowest BCUT2D eigenvalue weighted by Crippen LogP contribution is -2.31. The Morgan fingerprint density at radius 2 is 2.08 bits per heavy atom. The number of pyridine rings is 1. The third kappa shape index (κ3) is 2.56. The van der Waals surface area contributed by atoms with Crippen molar-refractivity contribution in [3.8, 4) is 6.07 Å². The smallest absolute Gasteiger partial charge is 0.225 e. The number of likely N-dealkylation sites (N-methyl/N-ethyl adjacent to an activating group) is 1. The lowest BCUT2D eigenvalue weighted by molar-refractivity contribution is -0.127. The first-order valence-corrected chi connectivity index (χ1v) is 8.38. The molecule has 7 nitrogen and oxygen atoms in total. The molecular weight excluding hydrogens is 328 g/mol.